The Hall–Kier alpha value is -3.25. The lowest BCUT2D eigenvalue weighted by Gasteiger charge is -2.24. The number of thioether (sulfide) groups is 1. The normalized spacial score (nSPS) is 15.7. The van der Waals surface area contributed by atoms with Crippen molar-refractivity contribution in [1.29, 1.82) is 0 Å². The van der Waals surface area contributed by atoms with E-state index in [4.69, 9.17) is 4.74 Å². The van der Waals surface area contributed by atoms with Crippen molar-refractivity contribution in [2.45, 2.75) is 18.7 Å². The van der Waals surface area contributed by atoms with E-state index < -0.39 is 0 Å². The third kappa shape index (κ3) is 4.59. The number of amides is 2. The molecule has 1 aliphatic heterocycles. The van der Waals surface area contributed by atoms with Crippen LogP contribution in [-0.2, 0) is 11.2 Å². The summed E-state index contributed by atoms with van der Waals surface area (Å²) in [5.74, 6) is 0.997. The predicted octanol–water partition coefficient (Wildman–Crippen LogP) is 5.29. The maximum Gasteiger partial charge on any atom is 0.255 e. The summed E-state index contributed by atoms with van der Waals surface area (Å²) in [6, 6.07) is 22.9. The van der Waals surface area contributed by atoms with Crippen molar-refractivity contribution in [3.63, 3.8) is 0 Å². The number of nitrogens with one attached hydrogen (secondary N) is 1. The van der Waals surface area contributed by atoms with Crippen LogP contribution >= 0.6 is 11.8 Å². The van der Waals surface area contributed by atoms with Gasteiger partial charge in [-0.1, -0.05) is 37.3 Å². The first-order valence-electron chi connectivity index (χ1n) is 10.2. The third-order valence-electron chi connectivity index (χ3n) is 5.28. The van der Waals surface area contributed by atoms with E-state index in [1.165, 1.54) is 5.56 Å². The van der Waals surface area contributed by atoms with Crippen LogP contribution in [-0.4, -0.2) is 24.7 Å². The minimum Gasteiger partial charge on any atom is -0.497 e. The first-order chi connectivity index (χ1) is 15.1. The molecule has 158 valence electrons. The van der Waals surface area contributed by atoms with E-state index >= 15 is 0 Å². The van der Waals surface area contributed by atoms with E-state index in [9.17, 15) is 9.59 Å². The van der Waals surface area contributed by atoms with E-state index in [0.717, 1.165) is 17.7 Å². The number of benzene rings is 3. The summed E-state index contributed by atoms with van der Waals surface area (Å²) in [5.41, 5.74) is 4.41. The molecule has 1 N–H and O–H groups in total. The highest BCUT2D eigenvalue weighted by atomic mass is 32.2. The van der Waals surface area contributed by atoms with E-state index in [-0.39, 0.29) is 17.2 Å². The van der Waals surface area contributed by atoms with Gasteiger partial charge in [0.2, 0.25) is 5.91 Å². The molecular weight excluding hydrogens is 408 g/mol. The summed E-state index contributed by atoms with van der Waals surface area (Å²) in [4.78, 5) is 27.0. The molecule has 4 rings (SSSR count). The second-order valence-corrected chi connectivity index (χ2v) is 8.32. The first kappa shape index (κ1) is 21.0. The Morgan fingerprint density at radius 2 is 1.84 bits per heavy atom. The number of ether oxygens (including phenoxy) is 1. The highest BCUT2D eigenvalue weighted by Crippen LogP contribution is 2.42. The van der Waals surface area contributed by atoms with E-state index in [2.05, 4.69) is 24.4 Å². The summed E-state index contributed by atoms with van der Waals surface area (Å²) < 4.78 is 5.18. The topological polar surface area (TPSA) is 58.6 Å². The van der Waals surface area contributed by atoms with Gasteiger partial charge in [-0.15, -0.1) is 11.8 Å². The maximum atomic E-state index is 12.6. The van der Waals surface area contributed by atoms with Gasteiger partial charge in [-0.25, -0.2) is 0 Å². The number of carbonyl (C=O) groups is 2. The average molecular weight is 433 g/mol. The van der Waals surface area contributed by atoms with Gasteiger partial charge in [0.15, 0.2) is 0 Å². The zero-order valence-corrected chi connectivity index (χ0v) is 18.3. The summed E-state index contributed by atoms with van der Waals surface area (Å²) in [6.07, 6.45) is 0.968. The molecule has 0 aliphatic carbocycles. The molecule has 5 nitrogen and oxygen atoms in total. The second kappa shape index (κ2) is 9.27. The number of nitrogens with zero attached hydrogens (tertiary/aromatic N) is 1. The lowest BCUT2D eigenvalue weighted by Crippen LogP contribution is -2.27. The number of aryl methyl sites for hydroxylation is 1. The summed E-state index contributed by atoms with van der Waals surface area (Å²) >= 11 is 1.61. The summed E-state index contributed by atoms with van der Waals surface area (Å²) in [5, 5.41) is 2.83. The van der Waals surface area contributed by atoms with Crippen molar-refractivity contribution in [2.75, 3.05) is 23.1 Å². The van der Waals surface area contributed by atoms with Gasteiger partial charge in [0.1, 0.15) is 11.1 Å². The van der Waals surface area contributed by atoms with Crippen LogP contribution in [0.4, 0.5) is 11.4 Å². The smallest absolute Gasteiger partial charge is 0.255 e. The Labute approximate surface area is 186 Å². The quantitative estimate of drug-likeness (QED) is 0.575. The molecular formula is C25H24N2O3S. The Bertz CT molecular complexity index is 1080. The Balaban J connectivity index is 1.50. The number of rotatable bonds is 6. The van der Waals surface area contributed by atoms with Gasteiger partial charge in [0.05, 0.1) is 12.9 Å². The molecule has 1 atom stereocenters. The van der Waals surface area contributed by atoms with Crippen LogP contribution < -0.4 is 15.0 Å². The minimum atomic E-state index is -0.199. The molecule has 3 aromatic rings. The fourth-order valence-electron chi connectivity index (χ4n) is 3.54. The van der Waals surface area contributed by atoms with Crippen LogP contribution in [0.5, 0.6) is 5.75 Å². The molecule has 2 amide bonds. The van der Waals surface area contributed by atoms with Gasteiger partial charge in [0.25, 0.3) is 5.91 Å². The van der Waals surface area contributed by atoms with Crippen LogP contribution in [0.25, 0.3) is 0 Å². The molecule has 3 aromatic carbocycles. The average Bonchev–Trinajstić information content (AvgIpc) is 3.21. The largest absolute Gasteiger partial charge is 0.497 e. The molecule has 0 radical (unpaired) electrons. The standard InChI is InChI=1S/C25H24N2O3S/c1-3-17-7-13-21(14-8-17)27-23(28)16-31-25(27)18-9-11-20(12-10-18)26-24(29)19-5-4-6-22(15-19)30-2/h4-15,25H,3,16H2,1-2H3,(H,26,29). The number of methoxy groups -OCH3 is 1. The van der Waals surface area contributed by atoms with Crippen LogP contribution in [0.2, 0.25) is 0 Å². The first-order valence-corrected chi connectivity index (χ1v) is 11.2. The van der Waals surface area contributed by atoms with E-state index in [0.29, 0.717) is 22.8 Å². The summed E-state index contributed by atoms with van der Waals surface area (Å²) in [6.45, 7) is 2.11. The third-order valence-corrected chi connectivity index (χ3v) is 6.49. The Kier molecular flexibility index (Phi) is 6.28. The number of hydrogen-bond acceptors (Lipinski definition) is 4. The van der Waals surface area contributed by atoms with Gasteiger partial charge in [0, 0.05) is 16.9 Å². The van der Waals surface area contributed by atoms with Crippen molar-refractivity contribution in [3.05, 3.63) is 89.5 Å². The molecule has 6 heteroatoms. The van der Waals surface area contributed by atoms with Crippen molar-refractivity contribution >= 4 is 35.0 Å². The molecule has 1 saturated heterocycles. The maximum absolute atomic E-state index is 12.6. The Morgan fingerprint density at radius 3 is 2.52 bits per heavy atom. The number of hydrogen-bond donors (Lipinski definition) is 1. The lowest BCUT2D eigenvalue weighted by molar-refractivity contribution is -0.115. The Morgan fingerprint density at radius 1 is 1.10 bits per heavy atom. The molecule has 1 unspecified atom stereocenters. The van der Waals surface area contributed by atoms with Crippen LogP contribution in [0.1, 0.15) is 33.8 Å². The van der Waals surface area contributed by atoms with Gasteiger partial charge >= 0.3 is 0 Å². The van der Waals surface area contributed by atoms with E-state index in [1.54, 1.807) is 43.1 Å². The van der Waals surface area contributed by atoms with Crippen molar-refractivity contribution in [2.24, 2.45) is 0 Å². The van der Waals surface area contributed by atoms with Crippen LogP contribution in [0, 0.1) is 0 Å². The second-order valence-electron chi connectivity index (χ2n) is 7.26. The minimum absolute atomic E-state index is 0.0805. The van der Waals surface area contributed by atoms with Gasteiger partial charge in [-0.05, 0) is 60.0 Å². The molecule has 0 bridgehead atoms. The monoisotopic (exact) mass is 432 g/mol. The lowest BCUT2D eigenvalue weighted by atomic mass is 10.1. The molecule has 1 aliphatic rings. The number of anilines is 2. The van der Waals surface area contributed by atoms with Crippen molar-refractivity contribution in [1.82, 2.24) is 0 Å². The molecule has 0 saturated carbocycles. The zero-order chi connectivity index (χ0) is 21.8. The fraction of sp³-hybridized carbons (Fsp3) is 0.200. The van der Waals surface area contributed by atoms with E-state index in [1.807, 2.05) is 41.3 Å². The molecule has 0 spiro atoms. The SMILES string of the molecule is CCc1ccc(N2C(=O)CSC2c2ccc(NC(=O)c3cccc(OC)c3)cc2)cc1. The van der Waals surface area contributed by atoms with Crippen LogP contribution in [0.15, 0.2) is 72.8 Å². The number of carbonyl (C=O) groups excluding carboxylic acids is 2. The molecule has 1 heterocycles. The van der Waals surface area contributed by atoms with Crippen LogP contribution in [0.3, 0.4) is 0 Å². The molecule has 1 fully saturated rings. The zero-order valence-electron chi connectivity index (χ0n) is 17.5. The van der Waals surface area contributed by atoms with Crippen molar-refractivity contribution in [3.8, 4) is 5.75 Å². The highest BCUT2D eigenvalue weighted by Gasteiger charge is 2.33. The summed E-state index contributed by atoms with van der Waals surface area (Å²) in [7, 11) is 1.57. The van der Waals surface area contributed by atoms with Gasteiger partial charge in [-0.3, -0.25) is 14.5 Å². The fourth-order valence-corrected chi connectivity index (χ4v) is 4.72. The highest BCUT2D eigenvalue weighted by molar-refractivity contribution is 8.00. The van der Waals surface area contributed by atoms with Gasteiger partial charge in [-0.2, -0.15) is 0 Å². The molecule has 31 heavy (non-hydrogen) atoms. The predicted molar refractivity (Wildman–Crippen MR) is 126 cm³/mol. The van der Waals surface area contributed by atoms with Crippen molar-refractivity contribution < 1.29 is 14.3 Å². The van der Waals surface area contributed by atoms with Gasteiger partial charge < -0.3 is 10.1 Å². The molecule has 0 aromatic heterocycles.